The molecule has 0 rings (SSSR count). The Hall–Kier alpha value is -1.56. The van der Waals surface area contributed by atoms with Gasteiger partial charge in [-0.05, 0) is 19.3 Å². The Labute approximate surface area is 126 Å². The molecule has 0 aromatic carbocycles. The highest BCUT2D eigenvalue weighted by atomic mass is 13.8. The first-order chi connectivity index (χ1) is 9.91. The van der Waals surface area contributed by atoms with Gasteiger partial charge in [-0.1, -0.05) is 106 Å². The van der Waals surface area contributed by atoms with Gasteiger partial charge in [-0.3, -0.25) is 0 Å². The molecular formula is C20H30. The van der Waals surface area contributed by atoms with Gasteiger partial charge < -0.3 is 0 Å². The molecule has 0 spiro atoms. The zero-order chi connectivity index (χ0) is 14.7. The second-order valence-electron chi connectivity index (χ2n) is 4.65. The quantitative estimate of drug-likeness (QED) is 0.222. The first-order valence-corrected chi connectivity index (χ1v) is 7.88. The third-order valence-electron chi connectivity index (χ3n) is 2.67. The monoisotopic (exact) mass is 270 g/mol. The summed E-state index contributed by atoms with van der Waals surface area (Å²) in [5.41, 5.74) is 0. The van der Waals surface area contributed by atoms with E-state index in [-0.39, 0.29) is 0 Å². The van der Waals surface area contributed by atoms with Gasteiger partial charge in [0, 0.05) is 0 Å². The highest BCUT2D eigenvalue weighted by Gasteiger charge is 1.75. The fourth-order valence-corrected chi connectivity index (χ4v) is 1.50. The Balaban J connectivity index is 3.63. The highest BCUT2D eigenvalue weighted by Crippen LogP contribution is 1.95. The van der Waals surface area contributed by atoms with Crippen LogP contribution in [0.3, 0.4) is 0 Å². The standard InChI is InChI=1S/C20H30/c1-3-5-7-9-11-13-15-17-19-20-18-16-14-12-10-8-6-4-2/h7,9-10,12-20H,3-6,8,11H2,1-2H3. The van der Waals surface area contributed by atoms with Crippen molar-refractivity contribution < 1.29 is 0 Å². The number of rotatable bonds is 11. The molecule has 0 N–H and O–H groups in total. The molecule has 0 bridgehead atoms. The molecular weight excluding hydrogens is 240 g/mol. The van der Waals surface area contributed by atoms with E-state index in [2.05, 4.69) is 80.7 Å². The minimum atomic E-state index is 1.02. The molecule has 0 saturated heterocycles. The van der Waals surface area contributed by atoms with Crippen molar-refractivity contribution in [2.75, 3.05) is 0 Å². The molecule has 0 aromatic rings. The van der Waals surface area contributed by atoms with E-state index >= 15 is 0 Å². The lowest BCUT2D eigenvalue weighted by atomic mass is 10.2. The van der Waals surface area contributed by atoms with Crippen LogP contribution in [0.5, 0.6) is 0 Å². The molecule has 0 heteroatoms. The Kier molecular flexibility index (Phi) is 16.1. The summed E-state index contributed by atoms with van der Waals surface area (Å²) in [5.74, 6) is 0. The Bertz CT molecular complexity index is 348. The van der Waals surface area contributed by atoms with Crippen LogP contribution in [0.4, 0.5) is 0 Å². The van der Waals surface area contributed by atoms with Crippen LogP contribution >= 0.6 is 0 Å². The van der Waals surface area contributed by atoms with Gasteiger partial charge >= 0.3 is 0 Å². The van der Waals surface area contributed by atoms with Crippen molar-refractivity contribution in [3.63, 3.8) is 0 Å². The summed E-state index contributed by atoms with van der Waals surface area (Å²) < 4.78 is 0. The summed E-state index contributed by atoms with van der Waals surface area (Å²) >= 11 is 0. The van der Waals surface area contributed by atoms with Crippen molar-refractivity contribution in [3.8, 4) is 0 Å². The van der Waals surface area contributed by atoms with Crippen molar-refractivity contribution in [2.45, 2.75) is 52.4 Å². The fraction of sp³-hybridized carbons (Fsp3) is 0.400. The number of hydrogen-bond acceptors (Lipinski definition) is 0. The van der Waals surface area contributed by atoms with Crippen LogP contribution in [0, 0.1) is 0 Å². The van der Waals surface area contributed by atoms with E-state index in [4.69, 9.17) is 0 Å². The van der Waals surface area contributed by atoms with Crippen LogP contribution < -0.4 is 0 Å². The molecule has 0 atom stereocenters. The Morgan fingerprint density at radius 1 is 0.500 bits per heavy atom. The Morgan fingerprint density at radius 3 is 1.70 bits per heavy atom. The molecule has 0 unspecified atom stereocenters. The third kappa shape index (κ3) is 16.4. The molecule has 0 aliphatic carbocycles. The van der Waals surface area contributed by atoms with Gasteiger partial charge in [-0.25, -0.2) is 0 Å². The maximum absolute atomic E-state index is 2.24. The van der Waals surface area contributed by atoms with Gasteiger partial charge in [-0.2, -0.15) is 0 Å². The molecule has 0 heterocycles. The smallest absolute Gasteiger partial charge is 0.0166 e. The van der Waals surface area contributed by atoms with E-state index in [1.807, 2.05) is 6.08 Å². The van der Waals surface area contributed by atoms with Gasteiger partial charge in [0.2, 0.25) is 0 Å². The van der Waals surface area contributed by atoms with Crippen LogP contribution in [-0.2, 0) is 0 Å². The number of hydrogen-bond donors (Lipinski definition) is 0. The van der Waals surface area contributed by atoms with Crippen LogP contribution in [0.25, 0.3) is 0 Å². The SMILES string of the molecule is CCCC=CCC=CC=CC=CC=CC=CCCCC. The molecule has 0 amide bonds. The molecule has 0 aromatic heterocycles. The summed E-state index contributed by atoms with van der Waals surface area (Å²) in [4.78, 5) is 0. The minimum Gasteiger partial charge on any atom is -0.0882 e. The molecule has 0 saturated carbocycles. The number of allylic oxidation sites excluding steroid dienone is 12. The second-order valence-corrected chi connectivity index (χ2v) is 4.65. The molecule has 20 heavy (non-hydrogen) atoms. The molecule has 110 valence electrons. The van der Waals surface area contributed by atoms with Crippen molar-refractivity contribution in [2.24, 2.45) is 0 Å². The van der Waals surface area contributed by atoms with Crippen molar-refractivity contribution in [1.29, 1.82) is 0 Å². The predicted octanol–water partition coefficient (Wildman–Crippen LogP) is 6.70. The van der Waals surface area contributed by atoms with Crippen molar-refractivity contribution in [3.05, 3.63) is 72.9 Å². The van der Waals surface area contributed by atoms with E-state index in [0.717, 1.165) is 6.42 Å². The van der Waals surface area contributed by atoms with E-state index in [9.17, 15) is 0 Å². The minimum absolute atomic E-state index is 1.02. The highest BCUT2D eigenvalue weighted by molar-refractivity contribution is 5.18. The molecule has 0 nitrogen and oxygen atoms in total. The van der Waals surface area contributed by atoms with E-state index in [1.54, 1.807) is 0 Å². The second kappa shape index (κ2) is 17.4. The largest absolute Gasteiger partial charge is 0.0882 e. The van der Waals surface area contributed by atoms with E-state index < -0.39 is 0 Å². The predicted molar refractivity (Wildman–Crippen MR) is 93.9 cm³/mol. The van der Waals surface area contributed by atoms with E-state index in [1.165, 1.54) is 32.1 Å². The maximum atomic E-state index is 2.24. The van der Waals surface area contributed by atoms with Crippen LogP contribution in [0.15, 0.2) is 72.9 Å². The first kappa shape index (κ1) is 18.4. The topological polar surface area (TPSA) is 0 Å². The zero-order valence-electron chi connectivity index (χ0n) is 13.2. The van der Waals surface area contributed by atoms with Gasteiger partial charge in [0.15, 0.2) is 0 Å². The number of unbranched alkanes of at least 4 members (excludes halogenated alkanes) is 3. The van der Waals surface area contributed by atoms with Crippen LogP contribution in [0.2, 0.25) is 0 Å². The summed E-state index contributed by atoms with van der Waals surface area (Å²) in [7, 11) is 0. The molecule has 0 radical (unpaired) electrons. The average molecular weight is 270 g/mol. The lowest BCUT2D eigenvalue weighted by molar-refractivity contribution is 0.815. The van der Waals surface area contributed by atoms with Gasteiger partial charge in [0.25, 0.3) is 0 Å². The van der Waals surface area contributed by atoms with Crippen molar-refractivity contribution >= 4 is 0 Å². The third-order valence-corrected chi connectivity index (χ3v) is 2.67. The normalized spacial score (nSPS) is 13.5. The lowest BCUT2D eigenvalue weighted by Gasteiger charge is -1.85. The summed E-state index contributed by atoms with van der Waals surface area (Å²) in [5, 5.41) is 0. The molecule has 0 aliphatic heterocycles. The van der Waals surface area contributed by atoms with Crippen LogP contribution in [0.1, 0.15) is 52.4 Å². The van der Waals surface area contributed by atoms with Gasteiger partial charge in [0.05, 0.1) is 0 Å². The zero-order valence-corrected chi connectivity index (χ0v) is 13.2. The molecule has 0 aliphatic rings. The first-order valence-electron chi connectivity index (χ1n) is 7.88. The average Bonchev–Trinajstić information content (AvgIpc) is 2.47. The summed E-state index contributed by atoms with van der Waals surface area (Å²) in [6.45, 7) is 4.42. The van der Waals surface area contributed by atoms with E-state index in [0.29, 0.717) is 0 Å². The summed E-state index contributed by atoms with van der Waals surface area (Å²) in [6.07, 6.45) is 32.6. The summed E-state index contributed by atoms with van der Waals surface area (Å²) in [6, 6.07) is 0. The van der Waals surface area contributed by atoms with Gasteiger partial charge in [0.1, 0.15) is 0 Å². The maximum Gasteiger partial charge on any atom is -0.0166 e. The lowest BCUT2D eigenvalue weighted by Crippen LogP contribution is -1.64. The van der Waals surface area contributed by atoms with Crippen LogP contribution in [-0.4, -0.2) is 0 Å². The van der Waals surface area contributed by atoms with Gasteiger partial charge in [-0.15, -0.1) is 0 Å². The Morgan fingerprint density at radius 2 is 1.10 bits per heavy atom. The van der Waals surface area contributed by atoms with Crippen molar-refractivity contribution in [1.82, 2.24) is 0 Å². The molecule has 0 fully saturated rings. The fourth-order valence-electron chi connectivity index (χ4n) is 1.50.